The molecule has 0 bridgehead atoms. The van der Waals surface area contributed by atoms with Gasteiger partial charge >= 0.3 is 0 Å². The number of benzene rings is 1. The standard InChI is InChI=1S/C15H25NO/c1-12-9-13(2)15(14(3)10-12)11-16-7-5-4-6-8-17/h9-10,16-17H,4-8,11H2,1-3H3. The van der Waals surface area contributed by atoms with Gasteiger partial charge in [0.15, 0.2) is 0 Å². The molecule has 0 fully saturated rings. The molecule has 1 aromatic carbocycles. The molecule has 0 atom stereocenters. The topological polar surface area (TPSA) is 32.3 Å². The maximum atomic E-state index is 8.68. The third kappa shape index (κ3) is 4.88. The first-order valence-corrected chi connectivity index (χ1v) is 6.53. The summed E-state index contributed by atoms with van der Waals surface area (Å²) in [6.07, 6.45) is 3.17. The molecule has 0 saturated heterocycles. The van der Waals surface area contributed by atoms with Crippen molar-refractivity contribution in [3.63, 3.8) is 0 Å². The van der Waals surface area contributed by atoms with Gasteiger partial charge in [0.1, 0.15) is 0 Å². The predicted molar refractivity (Wildman–Crippen MR) is 73.3 cm³/mol. The molecular weight excluding hydrogens is 210 g/mol. The van der Waals surface area contributed by atoms with E-state index < -0.39 is 0 Å². The van der Waals surface area contributed by atoms with Crippen LogP contribution in [0.1, 0.15) is 41.5 Å². The molecule has 0 amide bonds. The lowest BCUT2D eigenvalue weighted by Crippen LogP contribution is -2.16. The van der Waals surface area contributed by atoms with Gasteiger partial charge < -0.3 is 10.4 Å². The van der Waals surface area contributed by atoms with E-state index in [4.69, 9.17) is 5.11 Å². The fourth-order valence-electron chi connectivity index (χ4n) is 2.24. The smallest absolute Gasteiger partial charge is 0.0431 e. The van der Waals surface area contributed by atoms with E-state index in [2.05, 4.69) is 38.2 Å². The zero-order valence-electron chi connectivity index (χ0n) is 11.3. The summed E-state index contributed by atoms with van der Waals surface area (Å²) >= 11 is 0. The first-order chi connectivity index (χ1) is 8.15. The maximum absolute atomic E-state index is 8.68. The molecule has 0 aromatic heterocycles. The molecule has 0 spiro atoms. The number of aryl methyl sites for hydroxylation is 3. The zero-order chi connectivity index (χ0) is 12.7. The molecule has 2 heteroatoms. The highest BCUT2D eigenvalue weighted by atomic mass is 16.2. The minimum Gasteiger partial charge on any atom is -0.396 e. The Balaban J connectivity index is 2.36. The number of aliphatic hydroxyl groups is 1. The highest BCUT2D eigenvalue weighted by molar-refractivity contribution is 5.37. The summed E-state index contributed by atoms with van der Waals surface area (Å²) < 4.78 is 0. The van der Waals surface area contributed by atoms with E-state index >= 15 is 0 Å². The summed E-state index contributed by atoms with van der Waals surface area (Å²) in [6.45, 7) is 8.82. The van der Waals surface area contributed by atoms with Crippen molar-refractivity contribution in [3.8, 4) is 0 Å². The number of nitrogens with one attached hydrogen (secondary N) is 1. The number of hydrogen-bond acceptors (Lipinski definition) is 2. The van der Waals surface area contributed by atoms with E-state index in [0.717, 1.165) is 32.4 Å². The Morgan fingerprint density at radius 3 is 2.24 bits per heavy atom. The van der Waals surface area contributed by atoms with E-state index in [9.17, 15) is 0 Å². The van der Waals surface area contributed by atoms with Crippen molar-refractivity contribution in [1.82, 2.24) is 5.32 Å². The third-order valence-electron chi connectivity index (χ3n) is 3.15. The molecule has 0 unspecified atom stereocenters. The Labute approximate surface area is 105 Å². The molecule has 17 heavy (non-hydrogen) atoms. The molecule has 1 rings (SSSR count). The Hall–Kier alpha value is -0.860. The van der Waals surface area contributed by atoms with Gasteiger partial charge in [-0.2, -0.15) is 0 Å². The van der Waals surface area contributed by atoms with Crippen LogP contribution in [0.25, 0.3) is 0 Å². The van der Waals surface area contributed by atoms with Crippen molar-refractivity contribution in [3.05, 3.63) is 34.4 Å². The largest absolute Gasteiger partial charge is 0.396 e. The van der Waals surface area contributed by atoms with Crippen LogP contribution in [-0.2, 0) is 6.54 Å². The van der Waals surface area contributed by atoms with Crippen LogP contribution in [0.2, 0.25) is 0 Å². The summed E-state index contributed by atoms with van der Waals surface area (Å²) in [5.41, 5.74) is 5.53. The van der Waals surface area contributed by atoms with Gasteiger partial charge in [-0.05, 0) is 63.3 Å². The normalized spacial score (nSPS) is 10.8. The SMILES string of the molecule is Cc1cc(C)c(CNCCCCCO)c(C)c1. The maximum Gasteiger partial charge on any atom is 0.0431 e. The lowest BCUT2D eigenvalue weighted by Gasteiger charge is -2.12. The van der Waals surface area contributed by atoms with Crippen LogP contribution >= 0.6 is 0 Å². The summed E-state index contributed by atoms with van der Waals surface area (Å²) in [5.74, 6) is 0. The predicted octanol–water partition coefficient (Wildman–Crippen LogP) is 2.86. The molecule has 2 nitrogen and oxygen atoms in total. The van der Waals surface area contributed by atoms with Gasteiger partial charge in [0, 0.05) is 13.2 Å². The fraction of sp³-hybridized carbons (Fsp3) is 0.600. The minimum absolute atomic E-state index is 0.316. The zero-order valence-corrected chi connectivity index (χ0v) is 11.3. The molecule has 2 N–H and O–H groups in total. The number of aliphatic hydroxyl groups excluding tert-OH is 1. The monoisotopic (exact) mass is 235 g/mol. The Morgan fingerprint density at radius 1 is 1.00 bits per heavy atom. The van der Waals surface area contributed by atoms with Gasteiger partial charge in [-0.3, -0.25) is 0 Å². The van der Waals surface area contributed by atoms with Crippen LogP contribution in [0.5, 0.6) is 0 Å². The summed E-state index contributed by atoms with van der Waals surface area (Å²) in [5, 5.41) is 12.2. The first-order valence-electron chi connectivity index (χ1n) is 6.53. The average Bonchev–Trinajstić information content (AvgIpc) is 2.26. The lowest BCUT2D eigenvalue weighted by atomic mass is 10.00. The van der Waals surface area contributed by atoms with Crippen molar-refractivity contribution in [2.24, 2.45) is 0 Å². The molecule has 0 aliphatic heterocycles. The summed E-state index contributed by atoms with van der Waals surface area (Å²) in [4.78, 5) is 0. The Morgan fingerprint density at radius 2 is 1.65 bits per heavy atom. The van der Waals surface area contributed by atoms with Crippen LogP contribution in [-0.4, -0.2) is 18.3 Å². The van der Waals surface area contributed by atoms with Gasteiger partial charge in [0.2, 0.25) is 0 Å². The number of unbranched alkanes of at least 4 members (excludes halogenated alkanes) is 2. The summed E-state index contributed by atoms with van der Waals surface area (Å²) in [7, 11) is 0. The third-order valence-corrected chi connectivity index (χ3v) is 3.15. The summed E-state index contributed by atoms with van der Waals surface area (Å²) in [6, 6.07) is 4.49. The van der Waals surface area contributed by atoms with Crippen LogP contribution < -0.4 is 5.32 Å². The van der Waals surface area contributed by atoms with Gasteiger partial charge in [-0.15, -0.1) is 0 Å². The molecule has 0 saturated carbocycles. The Kier molecular flexibility index (Phi) is 6.23. The van der Waals surface area contributed by atoms with E-state index in [1.54, 1.807) is 0 Å². The van der Waals surface area contributed by atoms with Crippen LogP contribution in [0.4, 0.5) is 0 Å². The quantitative estimate of drug-likeness (QED) is 0.712. The van der Waals surface area contributed by atoms with Crippen molar-refractivity contribution in [1.29, 1.82) is 0 Å². The van der Waals surface area contributed by atoms with Gasteiger partial charge in [0.25, 0.3) is 0 Å². The number of rotatable bonds is 7. The van der Waals surface area contributed by atoms with Crippen molar-refractivity contribution >= 4 is 0 Å². The van der Waals surface area contributed by atoms with Crippen LogP contribution in [0.15, 0.2) is 12.1 Å². The minimum atomic E-state index is 0.316. The highest BCUT2D eigenvalue weighted by Crippen LogP contribution is 2.15. The van der Waals surface area contributed by atoms with Crippen molar-refractivity contribution in [2.75, 3.05) is 13.2 Å². The Bertz CT molecular complexity index is 324. The molecule has 0 aliphatic rings. The second-order valence-corrected chi connectivity index (χ2v) is 4.84. The lowest BCUT2D eigenvalue weighted by molar-refractivity contribution is 0.283. The molecule has 0 aliphatic carbocycles. The van der Waals surface area contributed by atoms with E-state index in [1.807, 2.05) is 0 Å². The molecular formula is C15H25NO. The van der Waals surface area contributed by atoms with Crippen molar-refractivity contribution in [2.45, 2.75) is 46.6 Å². The number of hydrogen-bond donors (Lipinski definition) is 2. The van der Waals surface area contributed by atoms with Crippen LogP contribution in [0, 0.1) is 20.8 Å². The average molecular weight is 235 g/mol. The van der Waals surface area contributed by atoms with Crippen LogP contribution in [0.3, 0.4) is 0 Å². The van der Waals surface area contributed by atoms with Gasteiger partial charge in [-0.25, -0.2) is 0 Å². The molecule has 1 aromatic rings. The second-order valence-electron chi connectivity index (χ2n) is 4.84. The van der Waals surface area contributed by atoms with E-state index in [1.165, 1.54) is 22.3 Å². The van der Waals surface area contributed by atoms with E-state index in [-0.39, 0.29) is 0 Å². The first kappa shape index (κ1) is 14.2. The van der Waals surface area contributed by atoms with E-state index in [0.29, 0.717) is 6.61 Å². The van der Waals surface area contributed by atoms with Gasteiger partial charge in [-0.1, -0.05) is 17.7 Å². The highest BCUT2D eigenvalue weighted by Gasteiger charge is 2.02. The molecule has 0 radical (unpaired) electrons. The molecule has 0 heterocycles. The fourth-order valence-corrected chi connectivity index (χ4v) is 2.24. The second kappa shape index (κ2) is 7.46. The van der Waals surface area contributed by atoms with Crippen molar-refractivity contribution < 1.29 is 5.11 Å². The molecule has 96 valence electrons. The van der Waals surface area contributed by atoms with Gasteiger partial charge in [0.05, 0.1) is 0 Å².